The third kappa shape index (κ3) is 5.02. The number of nitrogens with zero attached hydrogens (tertiary/aromatic N) is 1. The minimum Gasteiger partial charge on any atom is -0.310 e. The van der Waals surface area contributed by atoms with Gasteiger partial charge in [0, 0.05) is 17.1 Å². The predicted octanol–water partition coefficient (Wildman–Crippen LogP) is 11.3. The maximum Gasteiger partial charge on any atom is 0.0467 e. The van der Waals surface area contributed by atoms with Gasteiger partial charge in [-0.25, -0.2) is 0 Å². The lowest BCUT2D eigenvalue weighted by atomic mass is 9.97. The molecule has 194 valence electrons. The molecule has 0 N–H and O–H groups in total. The lowest BCUT2D eigenvalue weighted by Crippen LogP contribution is -2.10. The number of hydrogen-bond donors (Lipinski definition) is 0. The molecule has 0 aliphatic rings. The first-order valence-corrected chi connectivity index (χ1v) is 14.0. The van der Waals surface area contributed by atoms with Crippen LogP contribution in [0.1, 0.15) is 0 Å². The molecule has 0 amide bonds. The third-order valence-corrected chi connectivity index (χ3v) is 7.65. The van der Waals surface area contributed by atoms with E-state index in [-0.39, 0.29) is 0 Å². The van der Waals surface area contributed by atoms with E-state index < -0.39 is 0 Å². The van der Waals surface area contributed by atoms with Crippen molar-refractivity contribution in [2.45, 2.75) is 0 Å². The van der Waals surface area contributed by atoms with Gasteiger partial charge in [0.25, 0.3) is 0 Å². The van der Waals surface area contributed by atoms with Crippen LogP contribution in [0.2, 0.25) is 0 Å². The van der Waals surface area contributed by atoms with E-state index in [1.54, 1.807) is 0 Å². The average molecular weight is 524 g/mol. The van der Waals surface area contributed by atoms with E-state index in [1.165, 1.54) is 44.2 Å². The molecule has 0 spiro atoms. The van der Waals surface area contributed by atoms with Gasteiger partial charge in [-0.05, 0) is 80.6 Å². The molecule has 0 aromatic heterocycles. The molecule has 1 heteroatoms. The van der Waals surface area contributed by atoms with Gasteiger partial charge in [-0.15, -0.1) is 0 Å². The van der Waals surface area contributed by atoms with Gasteiger partial charge in [-0.1, -0.05) is 140 Å². The number of benzene rings is 7. The minimum atomic E-state index is 1.12. The van der Waals surface area contributed by atoms with Gasteiger partial charge in [-0.2, -0.15) is 0 Å². The van der Waals surface area contributed by atoms with Crippen molar-refractivity contribution in [3.8, 4) is 33.4 Å². The number of anilines is 3. The van der Waals surface area contributed by atoms with Crippen molar-refractivity contribution < 1.29 is 0 Å². The molecule has 0 heterocycles. The quantitative estimate of drug-likeness (QED) is 0.209. The van der Waals surface area contributed by atoms with Crippen LogP contribution in [-0.4, -0.2) is 0 Å². The van der Waals surface area contributed by atoms with Crippen LogP contribution >= 0.6 is 0 Å². The molecule has 0 bridgehead atoms. The predicted molar refractivity (Wildman–Crippen MR) is 175 cm³/mol. The first-order chi connectivity index (χ1) is 20.3. The summed E-state index contributed by atoms with van der Waals surface area (Å²) in [5, 5.41) is 2.51. The zero-order valence-electron chi connectivity index (χ0n) is 22.7. The second-order valence-corrected chi connectivity index (χ2v) is 10.2. The van der Waals surface area contributed by atoms with Crippen molar-refractivity contribution in [1.82, 2.24) is 0 Å². The smallest absolute Gasteiger partial charge is 0.0467 e. The molecular weight excluding hydrogens is 494 g/mol. The molecule has 0 aliphatic heterocycles. The maximum atomic E-state index is 2.36. The molecule has 0 aliphatic carbocycles. The van der Waals surface area contributed by atoms with Crippen LogP contribution in [0.4, 0.5) is 17.1 Å². The zero-order valence-corrected chi connectivity index (χ0v) is 22.7. The van der Waals surface area contributed by atoms with Gasteiger partial charge < -0.3 is 4.90 Å². The van der Waals surface area contributed by atoms with E-state index in [0.717, 1.165) is 17.1 Å². The van der Waals surface area contributed by atoms with Gasteiger partial charge in [-0.3, -0.25) is 0 Å². The van der Waals surface area contributed by atoms with Crippen LogP contribution in [0.5, 0.6) is 0 Å². The van der Waals surface area contributed by atoms with Gasteiger partial charge in [0.15, 0.2) is 0 Å². The first kappa shape index (κ1) is 24.6. The minimum absolute atomic E-state index is 1.12. The van der Waals surface area contributed by atoms with E-state index >= 15 is 0 Å². The molecule has 0 unspecified atom stereocenters. The van der Waals surface area contributed by atoms with E-state index in [2.05, 4.69) is 181 Å². The Labute approximate surface area is 241 Å². The number of fused-ring (bicyclic) bond motifs is 1. The van der Waals surface area contributed by atoms with Crippen LogP contribution in [0.3, 0.4) is 0 Å². The van der Waals surface area contributed by atoms with E-state index in [1.807, 2.05) is 0 Å². The molecule has 0 fully saturated rings. The molecule has 7 aromatic rings. The van der Waals surface area contributed by atoms with Crippen molar-refractivity contribution >= 4 is 27.8 Å². The van der Waals surface area contributed by atoms with Crippen molar-refractivity contribution in [2.24, 2.45) is 0 Å². The number of rotatable bonds is 6. The molecule has 0 saturated carbocycles. The Kier molecular flexibility index (Phi) is 6.61. The van der Waals surface area contributed by atoms with Gasteiger partial charge >= 0.3 is 0 Å². The number of hydrogen-bond acceptors (Lipinski definition) is 1. The largest absolute Gasteiger partial charge is 0.310 e. The Balaban J connectivity index is 1.37. The van der Waals surface area contributed by atoms with Gasteiger partial charge in [0.1, 0.15) is 0 Å². The van der Waals surface area contributed by atoms with E-state index in [4.69, 9.17) is 0 Å². The average Bonchev–Trinajstić information content (AvgIpc) is 3.06. The third-order valence-electron chi connectivity index (χ3n) is 7.65. The molecule has 41 heavy (non-hydrogen) atoms. The first-order valence-electron chi connectivity index (χ1n) is 14.0. The molecule has 0 atom stereocenters. The normalized spacial score (nSPS) is 10.9. The highest BCUT2D eigenvalue weighted by molar-refractivity contribution is 5.97. The second kappa shape index (κ2) is 11.0. The summed E-state index contributed by atoms with van der Waals surface area (Å²) in [6, 6.07) is 62.9. The molecule has 7 aromatic carbocycles. The van der Waals surface area contributed by atoms with Crippen molar-refractivity contribution in [1.29, 1.82) is 0 Å². The lowest BCUT2D eigenvalue weighted by Gasteiger charge is -2.27. The monoisotopic (exact) mass is 523 g/mol. The summed E-state index contributed by atoms with van der Waals surface area (Å²) in [5.41, 5.74) is 10.6. The Morgan fingerprint density at radius 2 is 0.780 bits per heavy atom. The van der Waals surface area contributed by atoms with Crippen molar-refractivity contribution in [3.05, 3.63) is 176 Å². The van der Waals surface area contributed by atoms with Crippen LogP contribution < -0.4 is 4.90 Å². The Bertz CT molecular complexity index is 1920. The molecular formula is C40H29N. The molecule has 1 nitrogen and oxygen atoms in total. The topological polar surface area (TPSA) is 3.24 Å². The van der Waals surface area contributed by atoms with Crippen LogP contribution in [-0.2, 0) is 0 Å². The maximum absolute atomic E-state index is 2.36. The fourth-order valence-corrected chi connectivity index (χ4v) is 5.63. The van der Waals surface area contributed by atoms with Crippen LogP contribution in [0.15, 0.2) is 176 Å². The van der Waals surface area contributed by atoms with Gasteiger partial charge in [0.05, 0.1) is 0 Å². The highest BCUT2D eigenvalue weighted by atomic mass is 15.1. The van der Waals surface area contributed by atoms with Crippen molar-refractivity contribution in [3.63, 3.8) is 0 Å². The fourth-order valence-electron chi connectivity index (χ4n) is 5.63. The molecule has 7 rings (SSSR count). The summed E-state index contributed by atoms with van der Waals surface area (Å²) < 4.78 is 0. The second-order valence-electron chi connectivity index (χ2n) is 10.2. The highest BCUT2D eigenvalue weighted by Crippen LogP contribution is 2.39. The van der Waals surface area contributed by atoms with Crippen LogP contribution in [0.25, 0.3) is 44.2 Å². The molecule has 0 saturated heterocycles. The Hall–Kier alpha value is -5.40. The summed E-state index contributed by atoms with van der Waals surface area (Å²) in [5.74, 6) is 0. The van der Waals surface area contributed by atoms with E-state index in [0.29, 0.717) is 0 Å². The molecule has 0 radical (unpaired) electrons. The summed E-state index contributed by atoms with van der Waals surface area (Å²) in [6.45, 7) is 0. The standard InChI is InChI=1S/C40H29N/c1-3-12-30(13-4-1)32-24-26-36(27-25-32)41(37-20-9-18-34(28-37)31-14-5-2-6-15-31)38-21-10-19-35(29-38)40-23-11-17-33-16-7-8-22-39(33)40/h1-29H. The van der Waals surface area contributed by atoms with Gasteiger partial charge in [0.2, 0.25) is 0 Å². The van der Waals surface area contributed by atoms with Crippen molar-refractivity contribution in [2.75, 3.05) is 4.90 Å². The summed E-state index contributed by atoms with van der Waals surface area (Å²) in [4.78, 5) is 2.36. The Morgan fingerprint density at radius 3 is 1.49 bits per heavy atom. The SMILES string of the molecule is c1ccc(-c2ccc(N(c3cccc(-c4ccccc4)c3)c3cccc(-c4cccc5ccccc45)c3)cc2)cc1. The summed E-state index contributed by atoms with van der Waals surface area (Å²) in [7, 11) is 0. The lowest BCUT2D eigenvalue weighted by molar-refractivity contribution is 1.28. The van der Waals surface area contributed by atoms with E-state index in [9.17, 15) is 0 Å². The fraction of sp³-hybridized carbons (Fsp3) is 0. The zero-order chi connectivity index (χ0) is 27.4. The van der Waals surface area contributed by atoms with Crippen LogP contribution in [0, 0.1) is 0 Å². The summed E-state index contributed by atoms with van der Waals surface area (Å²) >= 11 is 0. The summed E-state index contributed by atoms with van der Waals surface area (Å²) in [6.07, 6.45) is 0. The Morgan fingerprint density at radius 1 is 0.293 bits per heavy atom. The highest BCUT2D eigenvalue weighted by Gasteiger charge is 2.15.